The van der Waals surface area contributed by atoms with Gasteiger partial charge in [-0.25, -0.2) is 5.84 Å². The van der Waals surface area contributed by atoms with Gasteiger partial charge in [0.1, 0.15) is 0 Å². The van der Waals surface area contributed by atoms with Gasteiger partial charge >= 0.3 is 0 Å². The summed E-state index contributed by atoms with van der Waals surface area (Å²) in [5.74, 6) is 5.62. The second-order valence-corrected chi connectivity index (χ2v) is 2.72. The van der Waals surface area contributed by atoms with Crippen molar-refractivity contribution in [3.63, 3.8) is 0 Å². The van der Waals surface area contributed by atoms with E-state index in [0.717, 1.165) is 5.69 Å². The normalized spacial score (nSPS) is 8.77. The zero-order chi connectivity index (χ0) is 9.52. The number of rotatable bonds is 1. The predicted octanol–water partition coefficient (Wildman–Crippen LogP) is 2.12. The first kappa shape index (κ1) is 9.55. The van der Waals surface area contributed by atoms with Gasteiger partial charge in [-0.05, 0) is 12.1 Å². The summed E-state index contributed by atoms with van der Waals surface area (Å²) in [6.07, 6.45) is 0. The van der Waals surface area contributed by atoms with Gasteiger partial charge in [0.2, 0.25) is 0 Å². The Bertz CT molecular complexity index is 282. The second kappa shape index (κ2) is 5.17. The third-order valence-electron chi connectivity index (χ3n) is 1.61. The molecule has 0 aromatic heterocycles. The Balaban J connectivity index is 3.11. The standard InChI is InChI=1S/C11H14N2/c1-13(12)11-9-7-5-3-2-4-6-8-10-11/h2-10H,12H2,1H3. The fourth-order valence-electron chi connectivity index (χ4n) is 0.920. The van der Waals surface area contributed by atoms with Crippen LogP contribution in [0.3, 0.4) is 0 Å². The molecule has 0 bridgehead atoms. The summed E-state index contributed by atoms with van der Waals surface area (Å²) < 4.78 is 0. The molecular formula is C11H14N2. The van der Waals surface area contributed by atoms with Crippen molar-refractivity contribution in [1.29, 1.82) is 0 Å². The van der Waals surface area contributed by atoms with Crippen molar-refractivity contribution in [3.8, 4) is 0 Å². The molecular weight excluding hydrogens is 160 g/mol. The summed E-state index contributed by atoms with van der Waals surface area (Å²) in [7, 11) is 1.81. The van der Waals surface area contributed by atoms with Gasteiger partial charge in [0.25, 0.3) is 0 Å². The van der Waals surface area contributed by atoms with E-state index in [1.165, 1.54) is 0 Å². The molecule has 0 unspecified atom stereocenters. The average molecular weight is 174 g/mol. The van der Waals surface area contributed by atoms with Gasteiger partial charge in [-0.3, -0.25) is 0 Å². The van der Waals surface area contributed by atoms with Crippen LogP contribution in [-0.4, -0.2) is 7.05 Å². The van der Waals surface area contributed by atoms with Gasteiger partial charge in [0.15, 0.2) is 0 Å². The molecule has 1 aromatic carbocycles. The minimum atomic E-state index is 0.969. The number of nitrogens with zero attached hydrogens (tertiary/aromatic N) is 1. The first-order valence-corrected chi connectivity index (χ1v) is 4.17. The summed E-state index contributed by atoms with van der Waals surface area (Å²) in [4.78, 5) is 0. The van der Waals surface area contributed by atoms with Crippen LogP contribution in [0.15, 0.2) is 54.6 Å². The summed E-state index contributed by atoms with van der Waals surface area (Å²) in [6, 6.07) is 17.7. The van der Waals surface area contributed by atoms with E-state index in [9.17, 15) is 0 Å². The molecule has 0 aliphatic heterocycles. The zero-order valence-electron chi connectivity index (χ0n) is 7.72. The summed E-state index contributed by atoms with van der Waals surface area (Å²) >= 11 is 0. The zero-order valence-corrected chi connectivity index (χ0v) is 7.72. The second-order valence-electron chi connectivity index (χ2n) is 2.72. The first-order chi connectivity index (χ1) is 6.30. The van der Waals surface area contributed by atoms with Crippen LogP contribution in [0.4, 0.5) is 5.69 Å². The SMILES string of the molecule is CN(N)c1ccccccccc1. The van der Waals surface area contributed by atoms with Crippen LogP contribution in [0.25, 0.3) is 0 Å². The Morgan fingerprint density at radius 2 is 1.23 bits per heavy atom. The fourth-order valence-corrected chi connectivity index (χ4v) is 0.920. The quantitative estimate of drug-likeness (QED) is 0.522. The van der Waals surface area contributed by atoms with E-state index < -0.39 is 0 Å². The molecule has 2 heteroatoms. The van der Waals surface area contributed by atoms with E-state index in [1.54, 1.807) is 5.01 Å². The minimum Gasteiger partial charge on any atom is -0.314 e. The molecule has 2 N–H and O–H groups in total. The van der Waals surface area contributed by atoms with Crippen LogP contribution >= 0.6 is 0 Å². The molecule has 0 amide bonds. The number of hydrogen-bond acceptors (Lipinski definition) is 2. The lowest BCUT2D eigenvalue weighted by Gasteiger charge is -2.09. The minimum absolute atomic E-state index is 0.969. The Morgan fingerprint density at radius 1 is 0.846 bits per heavy atom. The summed E-state index contributed by atoms with van der Waals surface area (Å²) in [5, 5.41) is 1.58. The van der Waals surface area contributed by atoms with Crippen molar-refractivity contribution >= 4 is 5.69 Å². The smallest absolute Gasteiger partial charge is 0.0513 e. The maximum Gasteiger partial charge on any atom is 0.0513 e. The van der Waals surface area contributed by atoms with Gasteiger partial charge in [0.05, 0.1) is 5.69 Å². The first-order valence-electron chi connectivity index (χ1n) is 4.17. The highest BCUT2D eigenvalue weighted by molar-refractivity contribution is 5.41. The summed E-state index contributed by atoms with van der Waals surface area (Å²) in [6.45, 7) is 0. The van der Waals surface area contributed by atoms with Crippen LogP contribution in [-0.2, 0) is 0 Å². The van der Waals surface area contributed by atoms with Crippen LogP contribution in [0.5, 0.6) is 0 Å². The molecule has 68 valence electrons. The van der Waals surface area contributed by atoms with E-state index in [0.29, 0.717) is 0 Å². The molecule has 0 saturated carbocycles. The topological polar surface area (TPSA) is 29.3 Å². The molecule has 0 aliphatic rings. The van der Waals surface area contributed by atoms with Gasteiger partial charge in [-0.15, -0.1) is 0 Å². The lowest BCUT2D eigenvalue weighted by atomic mass is 10.3. The van der Waals surface area contributed by atoms with Crippen molar-refractivity contribution < 1.29 is 0 Å². The summed E-state index contributed by atoms with van der Waals surface area (Å²) in [5.41, 5.74) is 0.969. The average Bonchev–Trinajstić information content (AvgIpc) is 2.14. The van der Waals surface area contributed by atoms with Crippen LogP contribution < -0.4 is 10.9 Å². The van der Waals surface area contributed by atoms with Gasteiger partial charge in [-0.2, -0.15) is 0 Å². The Hall–Kier alpha value is -1.54. The third kappa shape index (κ3) is 3.58. The highest BCUT2D eigenvalue weighted by Crippen LogP contribution is 2.03. The van der Waals surface area contributed by atoms with Crippen molar-refractivity contribution in [1.82, 2.24) is 0 Å². The van der Waals surface area contributed by atoms with E-state index in [1.807, 2.05) is 61.6 Å². The van der Waals surface area contributed by atoms with Crippen molar-refractivity contribution in [2.75, 3.05) is 12.1 Å². The maximum absolute atomic E-state index is 5.62. The number of anilines is 1. The molecule has 0 aliphatic carbocycles. The Kier molecular flexibility index (Phi) is 3.79. The van der Waals surface area contributed by atoms with Crippen molar-refractivity contribution in [2.45, 2.75) is 0 Å². The number of hydrogen-bond donors (Lipinski definition) is 1. The largest absolute Gasteiger partial charge is 0.314 e. The number of hydrazine groups is 1. The van der Waals surface area contributed by atoms with E-state index in [-0.39, 0.29) is 0 Å². The Morgan fingerprint density at radius 3 is 1.62 bits per heavy atom. The molecule has 2 nitrogen and oxygen atoms in total. The molecule has 0 radical (unpaired) electrons. The third-order valence-corrected chi connectivity index (χ3v) is 1.61. The van der Waals surface area contributed by atoms with E-state index >= 15 is 0 Å². The molecule has 0 heterocycles. The molecule has 1 rings (SSSR count). The van der Waals surface area contributed by atoms with E-state index in [2.05, 4.69) is 0 Å². The molecule has 0 saturated heterocycles. The van der Waals surface area contributed by atoms with Crippen molar-refractivity contribution in [2.24, 2.45) is 5.84 Å². The fraction of sp³-hybridized carbons (Fsp3) is 0.0909. The lowest BCUT2D eigenvalue weighted by molar-refractivity contribution is 1.02. The lowest BCUT2D eigenvalue weighted by Crippen LogP contribution is -2.24. The van der Waals surface area contributed by atoms with Crippen LogP contribution in [0, 0.1) is 0 Å². The van der Waals surface area contributed by atoms with Gasteiger partial charge in [0, 0.05) is 7.05 Å². The molecule has 13 heavy (non-hydrogen) atoms. The van der Waals surface area contributed by atoms with Gasteiger partial charge in [-0.1, -0.05) is 42.5 Å². The molecule has 0 fully saturated rings. The predicted molar refractivity (Wildman–Crippen MR) is 56.7 cm³/mol. The van der Waals surface area contributed by atoms with Crippen molar-refractivity contribution in [3.05, 3.63) is 54.6 Å². The van der Waals surface area contributed by atoms with Gasteiger partial charge < -0.3 is 5.01 Å². The Labute approximate surface area is 78.9 Å². The highest BCUT2D eigenvalue weighted by Gasteiger charge is 1.86. The number of nitrogens with two attached hydrogens (primary N) is 1. The molecule has 0 spiro atoms. The monoisotopic (exact) mass is 174 g/mol. The molecule has 0 atom stereocenters. The highest BCUT2D eigenvalue weighted by atomic mass is 15.4. The van der Waals surface area contributed by atoms with Crippen LogP contribution in [0.2, 0.25) is 0 Å². The van der Waals surface area contributed by atoms with Crippen LogP contribution in [0.1, 0.15) is 0 Å². The molecule has 1 aromatic rings. The maximum atomic E-state index is 5.62. The van der Waals surface area contributed by atoms with E-state index in [4.69, 9.17) is 5.84 Å².